The molecule has 2 aromatic carbocycles. The van der Waals surface area contributed by atoms with E-state index in [2.05, 4.69) is 10.6 Å². The summed E-state index contributed by atoms with van der Waals surface area (Å²) in [4.78, 5) is 26.0. The summed E-state index contributed by atoms with van der Waals surface area (Å²) in [6.07, 6.45) is 0.607. The molecule has 3 amide bonds. The molecule has 112 valence electrons. The number of anilines is 2. The summed E-state index contributed by atoms with van der Waals surface area (Å²) in [6, 6.07) is 17.8. The molecule has 5 heteroatoms. The first-order valence-electron chi connectivity index (χ1n) is 7.23. The van der Waals surface area contributed by atoms with Crippen LogP contribution in [-0.2, 0) is 4.79 Å². The van der Waals surface area contributed by atoms with E-state index in [4.69, 9.17) is 0 Å². The smallest absolute Gasteiger partial charge is 0.319 e. The minimum absolute atomic E-state index is 0.0746. The zero-order chi connectivity index (χ0) is 15.4. The fourth-order valence-electron chi connectivity index (χ4n) is 2.53. The maximum atomic E-state index is 12.4. The van der Waals surface area contributed by atoms with Crippen LogP contribution in [0.4, 0.5) is 16.2 Å². The fraction of sp³-hybridized carbons (Fsp3) is 0.176. The normalized spacial score (nSPS) is 17.4. The van der Waals surface area contributed by atoms with Gasteiger partial charge in [-0.15, -0.1) is 0 Å². The second kappa shape index (κ2) is 6.30. The Morgan fingerprint density at radius 1 is 1.00 bits per heavy atom. The van der Waals surface area contributed by atoms with Gasteiger partial charge in [0.25, 0.3) is 0 Å². The van der Waals surface area contributed by atoms with Gasteiger partial charge < -0.3 is 15.5 Å². The van der Waals surface area contributed by atoms with E-state index in [0.717, 1.165) is 5.69 Å². The molecule has 0 aromatic heterocycles. The van der Waals surface area contributed by atoms with Crippen molar-refractivity contribution in [2.45, 2.75) is 12.5 Å². The van der Waals surface area contributed by atoms with Gasteiger partial charge in [0.1, 0.15) is 6.04 Å². The highest BCUT2D eigenvalue weighted by Gasteiger charge is 2.33. The molecule has 0 bridgehead atoms. The topological polar surface area (TPSA) is 61.4 Å². The molecule has 1 aliphatic rings. The van der Waals surface area contributed by atoms with Crippen molar-refractivity contribution in [3.05, 3.63) is 60.7 Å². The first-order chi connectivity index (χ1) is 10.7. The monoisotopic (exact) mass is 295 g/mol. The van der Waals surface area contributed by atoms with E-state index in [0.29, 0.717) is 18.7 Å². The second-order valence-corrected chi connectivity index (χ2v) is 5.13. The number of nitrogens with zero attached hydrogens (tertiary/aromatic N) is 1. The zero-order valence-corrected chi connectivity index (χ0v) is 12.0. The van der Waals surface area contributed by atoms with Crippen molar-refractivity contribution in [1.29, 1.82) is 0 Å². The van der Waals surface area contributed by atoms with Gasteiger partial charge in [-0.25, -0.2) is 4.79 Å². The zero-order valence-electron chi connectivity index (χ0n) is 12.0. The lowest BCUT2D eigenvalue weighted by atomic mass is 10.2. The van der Waals surface area contributed by atoms with Crippen LogP contribution in [-0.4, -0.2) is 24.5 Å². The number of amides is 3. The Labute approximate surface area is 128 Å². The van der Waals surface area contributed by atoms with E-state index in [-0.39, 0.29) is 11.9 Å². The molecule has 0 spiro atoms. The number of carbonyl (C=O) groups is 2. The van der Waals surface area contributed by atoms with Crippen LogP contribution in [0.5, 0.6) is 0 Å². The number of para-hydroxylation sites is 2. The summed E-state index contributed by atoms with van der Waals surface area (Å²) >= 11 is 0. The fourth-order valence-corrected chi connectivity index (χ4v) is 2.53. The summed E-state index contributed by atoms with van der Waals surface area (Å²) in [5.74, 6) is -0.0746. The Kier molecular flexibility index (Phi) is 4.05. The first-order valence-corrected chi connectivity index (χ1v) is 7.23. The molecule has 2 aromatic rings. The lowest BCUT2D eigenvalue weighted by Crippen LogP contribution is -2.43. The van der Waals surface area contributed by atoms with E-state index in [1.54, 1.807) is 17.0 Å². The number of hydrogen-bond acceptors (Lipinski definition) is 2. The summed E-state index contributed by atoms with van der Waals surface area (Å²) in [7, 11) is 0. The molecule has 0 radical (unpaired) electrons. The molecule has 5 nitrogen and oxygen atoms in total. The van der Waals surface area contributed by atoms with Crippen molar-refractivity contribution in [3.8, 4) is 0 Å². The largest absolute Gasteiger partial charge is 0.326 e. The van der Waals surface area contributed by atoms with Crippen molar-refractivity contribution >= 4 is 23.3 Å². The van der Waals surface area contributed by atoms with Crippen LogP contribution in [0.25, 0.3) is 0 Å². The van der Waals surface area contributed by atoms with Crippen molar-refractivity contribution in [3.63, 3.8) is 0 Å². The highest BCUT2D eigenvalue weighted by molar-refractivity contribution is 6.02. The van der Waals surface area contributed by atoms with Crippen molar-refractivity contribution in [2.75, 3.05) is 16.8 Å². The van der Waals surface area contributed by atoms with E-state index in [1.807, 2.05) is 48.5 Å². The SMILES string of the molecule is O=C(Nc1ccccc1)NC1CCN(c2ccccc2)C1=O. The summed E-state index contributed by atoms with van der Waals surface area (Å²) in [5, 5.41) is 5.46. The molecule has 3 rings (SSSR count). The minimum atomic E-state index is -0.482. The minimum Gasteiger partial charge on any atom is -0.326 e. The van der Waals surface area contributed by atoms with Gasteiger partial charge in [-0.2, -0.15) is 0 Å². The second-order valence-electron chi connectivity index (χ2n) is 5.13. The first kappa shape index (κ1) is 14.1. The molecule has 22 heavy (non-hydrogen) atoms. The standard InChI is InChI=1S/C17H17N3O2/c21-16-15(11-12-20(16)14-9-5-2-6-10-14)19-17(22)18-13-7-3-1-4-8-13/h1-10,15H,11-12H2,(H2,18,19,22). The lowest BCUT2D eigenvalue weighted by Gasteiger charge is -2.17. The van der Waals surface area contributed by atoms with Crippen LogP contribution >= 0.6 is 0 Å². The van der Waals surface area contributed by atoms with Crippen LogP contribution in [0.1, 0.15) is 6.42 Å². The average molecular weight is 295 g/mol. The molecule has 1 aliphatic heterocycles. The third kappa shape index (κ3) is 3.09. The molecule has 2 N–H and O–H groups in total. The number of carbonyl (C=O) groups excluding carboxylic acids is 2. The number of benzene rings is 2. The Balaban J connectivity index is 1.60. The highest BCUT2D eigenvalue weighted by Crippen LogP contribution is 2.21. The van der Waals surface area contributed by atoms with Gasteiger partial charge in [0.2, 0.25) is 5.91 Å². The van der Waals surface area contributed by atoms with Gasteiger partial charge in [-0.3, -0.25) is 4.79 Å². The van der Waals surface area contributed by atoms with E-state index in [9.17, 15) is 9.59 Å². The van der Waals surface area contributed by atoms with Crippen LogP contribution in [0.3, 0.4) is 0 Å². The molecular weight excluding hydrogens is 278 g/mol. The van der Waals surface area contributed by atoms with Crippen LogP contribution in [0, 0.1) is 0 Å². The third-order valence-corrected chi connectivity index (χ3v) is 3.61. The maximum absolute atomic E-state index is 12.4. The van der Waals surface area contributed by atoms with Gasteiger partial charge in [-0.1, -0.05) is 36.4 Å². The quantitative estimate of drug-likeness (QED) is 0.914. The maximum Gasteiger partial charge on any atom is 0.319 e. The summed E-state index contributed by atoms with van der Waals surface area (Å²) < 4.78 is 0. The number of hydrogen-bond donors (Lipinski definition) is 2. The average Bonchev–Trinajstić information content (AvgIpc) is 2.90. The molecular formula is C17H17N3O2. The van der Waals surface area contributed by atoms with Gasteiger partial charge in [-0.05, 0) is 30.7 Å². The van der Waals surface area contributed by atoms with Crippen LogP contribution in [0.2, 0.25) is 0 Å². The molecule has 1 heterocycles. The Bertz CT molecular complexity index is 658. The molecule has 0 aliphatic carbocycles. The van der Waals surface area contributed by atoms with Gasteiger partial charge >= 0.3 is 6.03 Å². The van der Waals surface area contributed by atoms with Gasteiger partial charge in [0.05, 0.1) is 0 Å². The molecule has 1 unspecified atom stereocenters. The molecule has 0 saturated carbocycles. The Hall–Kier alpha value is -2.82. The van der Waals surface area contributed by atoms with E-state index >= 15 is 0 Å². The predicted octanol–water partition coefficient (Wildman–Crippen LogP) is 2.61. The highest BCUT2D eigenvalue weighted by atomic mass is 16.2. The number of urea groups is 1. The van der Waals surface area contributed by atoms with Crippen LogP contribution in [0.15, 0.2) is 60.7 Å². The third-order valence-electron chi connectivity index (χ3n) is 3.61. The Morgan fingerprint density at radius 3 is 2.32 bits per heavy atom. The lowest BCUT2D eigenvalue weighted by molar-refractivity contribution is -0.118. The van der Waals surface area contributed by atoms with Crippen molar-refractivity contribution < 1.29 is 9.59 Å². The van der Waals surface area contributed by atoms with E-state index < -0.39 is 6.04 Å². The van der Waals surface area contributed by atoms with Crippen molar-refractivity contribution in [2.24, 2.45) is 0 Å². The van der Waals surface area contributed by atoms with E-state index in [1.165, 1.54) is 0 Å². The van der Waals surface area contributed by atoms with Gasteiger partial charge in [0, 0.05) is 17.9 Å². The Morgan fingerprint density at radius 2 is 1.64 bits per heavy atom. The van der Waals surface area contributed by atoms with Gasteiger partial charge in [0.15, 0.2) is 0 Å². The van der Waals surface area contributed by atoms with Crippen molar-refractivity contribution in [1.82, 2.24) is 5.32 Å². The number of rotatable bonds is 3. The molecule has 1 atom stereocenters. The summed E-state index contributed by atoms with van der Waals surface area (Å²) in [6.45, 7) is 0.610. The van der Waals surface area contributed by atoms with Crippen LogP contribution < -0.4 is 15.5 Å². The molecule has 1 saturated heterocycles. The number of nitrogens with one attached hydrogen (secondary N) is 2. The summed E-state index contributed by atoms with van der Waals surface area (Å²) in [5.41, 5.74) is 1.56. The molecule has 1 fully saturated rings. The predicted molar refractivity (Wildman–Crippen MR) is 85.8 cm³/mol.